The molecule has 0 aliphatic rings. The summed E-state index contributed by atoms with van der Waals surface area (Å²) < 4.78 is 39.5. The minimum atomic E-state index is -4.52. The van der Waals surface area contributed by atoms with Gasteiger partial charge >= 0.3 is 12.1 Å². The minimum absolute atomic E-state index is 0.0377. The molecule has 0 aliphatic carbocycles. The Hall–Kier alpha value is -3.62. The fourth-order valence-electron chi connectivity index (χ4n) is 2.59. The van der Waals surface area contributed by atoms with Gasteiger partial charge < -0.3 is 15.7 Å². The molecular weight excluding hydrogens is 373 g/mol. The third kappa shape index (κ3) is 4.37. The maximum atomic E-state index is 13.2. The number of para-hydroxylation sites is 2. The number of hydrogen-bond acceptors (Lipinski definition) is 5. The first-order valence-electron chi connectivity index (χ1n) is 8.12. The largest absolute Gasteiger partial charge is 0.478 e. The molecule has 3 N–H and O–H groups in total. The van der Waals surface area contributed by atoms with E-state index in [1.54, 1.807) is 25.1 Å². The molecule has 1 heterocycles. The number of nitrogens with zero attached hydrogens (tertiary/aromatic N) is 2. The molecule has 0 saturated carbocycles. The van der Waals surface area contributed by atoms with Crippen LogP contribution in [0.3, 0.4) is 0 Å². The number of carboxylic acid groups (broad SMARTS) is 1. The van der Waals surface area contributed by atoms with Crippen LogP contribution in [0.2, 0.25) is 0 Å². The molecule has 0 amide bonds. The highest BCUT2D eigenvalue weighted by atomic mass is 19.4. The van der Waals surface area contributed by atoms with Crippen molar-refractivity contribution in [1.29, 1.82) is 0 Å². The number of carbonyl (C=O) groups is 1. The second-order valence-corrected chi connectivity index (χ2v) is 5.83. The van der Waals surface area contributed by atoms with Gasteiger partial charge in [-0.1, -0.05) is 24.3 Å². The van der Waals surface area contributed by atoms with Crippen LogP contribution in [0.5, 0.6) is 0 Å². The summed E-state index contributed by atoms with van der Waals surface area (Å²) in [6.07, 6.45) is -4.52. The maximum absolute atomic E-state index is 13.2. The molecule has 2 aromatic carbocycles. The van der Waals surface area contributed by atoms with Crippen molar-refractivity contribution in [3.63, 3.8) is 0 Å². The van der Waals surface area contributed by atoms with Crippen molar-refractivity contribution < 1.29 is 23.1 Å². The molecule has 0 unspecified atom stereocenters. The van der Waals surface area contributed by atoms with E-state index in [0.29, 0.717) is 11.5 Å². The molecule has 3 rings (SSSR count). The average Bonchev–Trinajstić information content (AvgIpc) is 2.61. The van der Waals surface area contributed by atoms with Gasteiger partial charge in [0.2, 0.25) is 0 Å². The second kappa shape index (κ2) is 7.55. The van der Waals surface area contributed by atoms with Crippen LogP contribution in [-0.2, 0) is 6.18 Å². The molecule has 0 atom stereocenters. The van der Waals surface area contributed by atoms with E-state index >= 15 is 0 Å². The van der Waals surface area contributed by atoms with Gasteiger partial charge in [0, 0.05) is 6.07 Å². The van der Waals surface area contributed by atoms with Gasteiger partial charge in [-0.05, 0) is 31.2 Å². The van der Waals surface area contributed by atoms with Gasteiger partial charge in [-0.2, -0.15) is 13.2 Å². The topological polar surface area (TPSA) is 87.1 Å². The number of aromatic nitrogens is 2. The average molecular weight is 388 g/mol. The van der Waals surface area contributed by atoms with Gasteiger partial charge in [0.15, 0.2) is 0 Å². The number of rotatable bonds is 5. The normalized spacial score (nSPS) is 11.1. The molecule has 0 radical (unpaired) electrons. The predicted octanol–water partition coefficient (Wildman–Crippen LogP) is 4.99. The highest BCUT2D eigenvalue weighted by molar-refractivity contribution is 5.95. The lowest BCUT2D eigenvalue weighted by molar-refractivity contribution is -0.136. The van der Waals surface area contributed by atoms with E-state index in [9.17, 15) is 23.1 Å². The van der Waals surface area contributed by atoms with Crippen molar-refractivity contribution in [3.8, 4) is 0 Å². The Morgan fingerprint density at radius 2 is 1.46 bits per heavy atom. The van der Waals surface area contributed by atoms with Crippen molar-refractivity contribution in [3.05, 3.63) is 71.5 Å². The van der Waals surface area contributed by atoms with Crippen LogP contribution in [0, 0.1) is 6.92 Å². The number of halogens is 3. The van der Waals surface area contributed by atoms with Crippen molar-refractivity contribution in [2.24, 2.45) is 0 Å². The molecule has 0 saturated heterocycles. The summed E-state index contributed by atoms with van der Waals surface area (Å²) in [5, 5.41) is 14.8. The first-order valence-corrected chi connectivity index (χ1v) is 8.12. The molecule has 144 valence electrons. The SMILES string of the molecule is Cc1nc(Nc2ccccc2C(=O)O)cc(Nc2ccccc2C(F)(F)F)n1. The fourth-order valence-corrected chi connectivity index (χ4v) is 2.59. The summed E-state index contributed by atoms with van der Waals surface area (Å²) in [5.74, 6) is -0.441. The smallest absolute Gasteiger partial charge is 0.418 e. The standard InChI is InChI=1S/C19H15F3N4O2/c1-11-23-16(25-14-8-4-2-6-12(14)18(27)28)10-17(24-11)26-15-9-5-3-7-13(15)19(20,21)22/h2-10H,1H3,(H,27,28)(H2,23,24,25,26). The number of nitrogens with one attached hydrogen (secondary N) is 2. The number of anilines is 4. The van der Waals surface area contributed by atoms with Crippen LogP contribution in [0.15, 0.2) is 54.6 Å². The Balaban J connectivity index is 1.93. The van der Waals surface area contributed by atoms with Crippen molar-refractivity contribution >= 4 is 29.0 Å². The van der Waals surface area contributed by atoms with Crippen LogP contribution < -0.4 is 10.6 Å². The maximum Gasteiger partial charge on any atom is 0.418 e. The summed E-state index contributed by atoms with van der Waals surface area (Å²) >= 11 is 0. The summed E-state index contributed by atoms with van der Waals surface area (Å²) in [4.78, 5) is 19.6. The van der Waals surface area contributed by atoms with Crippen LogP contribution in [0.1, 0.15) is 21.7 Å². The summed E-state index contributed by atoms with van der Waals surface area (Å²) in [6.45, 7) is 1.58. The molecule has 0 fully saturated rings. The first-order chi connectivity index (χ1) is 13.2. The Morgan fingerprint density at radius 3 is 2.07 bits per heavy atom. The molecule has 28 heavy (non-hydrogen) atoms. The highest BCUT2D eigenvalue weighted by Gasteiger charge is 2.33. The van der Waals surface area contributed by atoms with Crippen LogP contribution in [0.25, 0.3) is 0 Å². The summed E-state index contributed by atoms with van der Waals surface area (Å²) in [7, 11) is 0. The number of carboxylic acids is 1. The predicted molar refractivity (Wildman–Crippen MR) is 98.2 cm³/mol. The van der Waals surface area contributed by atoms with E-state index in [-0.39, 0.29) is 22.9 Å². The molecule has 0 bridgehead atoms. The van der Waals surface area contributed by atoms with Crippen molar-refractivity contribution in [1.82, 2.24) is 9.97 Å². The van der Waals surface area contributed by atoms with Gasteiger partial charge in [0.25, 0.3) is 0 Å². The molecule has 0 spiro atoms. The van der Waals surface area contributed by atoms with Crippen LogP contribution in [0.4, 0.5) is 36.2 Å². The lowest BCUT2D eigenvalue weighted by atomic mass is 10.1. The van der Waals surface area contributed by atoms with E-state index in [2.05, 4.69) is 20.6 Å². The van der Waals surface area contributed by atoms with Gasteiger partial charge in [0.1, 0.15) is 17.5 Å². The third-order valence-corrected chi connectivity index (χ3v) is 3.75. The quantitative estimate of drug-likeness (QED) is 0.571. The van der Waals surface area contributed by atoms with Gasteiger partial charge in [0.05, 0.1) is 22.5 Å². The van der Waals surface area contributed by atoms with Crippen LogP contribution in [-0.4, -0.2) is 21.0 Å². The molecule has 6 nitrogen and oxygen atoms in total. The molecule has 0 aliphatic heterocycles. The van der Waals surface area contributed by atoms with E-state index in [4.69, 9.17) is 0 Å². The zero-order chi connectivity index (χ0) is 20.3. The number of hydrogen-bond donors (Lipinski definition) is 3. The van der Waals surface area contributed by atoms with E-state index < -0.39 is 17.7 Å². The zero-order valence-electron chi connectivity index (χ0n) is 14.6. The Bertz CT molecular complexity index is 1020. The second-order valence-electron chi connectivity index (χ2n) is 5.83. The van der Waals surface area contributed by atoms with Gasteiger partial charge in [-0.3, -0.25) is 0 Å². The monoisotopic (exact) mass is 388 g/mol. The van der Waals surface area contributed by atoms with Crippen molar-refractivity contribution in [2.75, 3.05) is 10.6 Å². The molecular formula is C19H15F3N4O2. The van der Waals surface area contributed by atoms with Crippen molar-refractivity contribution in [2.45, 2.75) is 13.1 Å². The Morgan fingerprint density at radius 1 is 0.929 bits per heavy atom. The highest BCUT2D eigenvalue weighted by Crippen LogP contribution is 2.35. The number of alkyl halides is 3. The summed E-state index contributed by atoms with van der Waals surface area (Å²) in [5.41, 5.74) is -0.632. The summed E-state index contributed by atoms with van der Waals surface area (Å²) in [6, 6.07) is 12.7. The van der Waals surface area contributed by atoms with Crippen LogP contribution >= 0.6 is 0 Å². The van der Waals surface area contributed by atoms with E-state index in [1.807, 2.05) is 0 Å². The third-order valence-electron chi connectivity index (χ3n) is 3.75. The molecule has 9 heteroatoms. The fraction of sp³-hybridized carbons (Fsp3) is 0.105. The zero-order valence-corrected chi connectivity index (χ0v) is 14.6. The number of aromatic carboxylic acids is 1. The Labute approximate surface area is 158 Å². The molecule has 1 aromatic heterocycles. The van der Waals surface area contributed by atoms with Gasteiger partial charge in [-0.25, -0.2) is 14.8 Å². The van der Waals surface area contributed by atoms with Gasteiger partial charge in [-0.15, -0.1) is 0 Å². The first kappa shape index (κ1) is 19.2. The lowest BCUT2D eigenvalue weighted by Crippen LogP contribution is -2.10. The lowest BCUT2D eigenvalue weighted by Gasteiger charge is -2.15. The Kier molecular flexibility index (Phi) is 5.16. The number of aryl methyl sites for hydroxylation is 1. The van der Waals surface area contributed by atoms with E-state index in [0.717, 1.165) is 6.07 Å². The minimum Gasteiger partial charge on any atom is -0.478 e. The molecule has 3 aromatic rings. The van der Waals surface area contributed by atoms with E-state index in [1.165, 1.54) is 30.3 Å². The number of benzene rings is 2.